The molecule has 1 amide bonds. The largest absolute Gasteiger partial charge is 0.467 e. The summed E-state index contributed by atoms with van der Waals surface area (Å²) in [5, 5.41) is 3.52. The van der Waals surface area contributed by atoms with Gasteiger partial charge in [-0.15, -0.1) is 0 Å². The van der Waals surface area contributed by atoms with Crippen molar-refractivity contribution in [3.05, 3.63) is 81.2 Å². The van der Waals surface area contributed by atoms with Gasteiger partial charge in [-0.1, -0.05) is 41.6 Å². The summed E-state index contributed by atoms with van der Waals surface area (Å²) in [6.07, 6.45) is 3.29. The molecule has 0 fully saturated rings. The highest BCUT2D eigenvalue weighted by atomic mass is 32.2. The molecular weight excluding hydrogens is 398 g/mol. The standard InChI is InChI=1S/C23H27N3O3S/c1-16-8-10-18(11-9-16)14-20-17(2)25-23(26(3)22(20)28)30-13-5-7-21(27)24-15-19-6-4-12-29-19/h4,6,8-12H,5,7,13-15H2,1-3H3,(H,24,27). The summed E-state index contributed by atoms with van der Waals surface area (Å²) in [4.78, 5) is 29.4. The van der Waals surface area contributed by atoms with Gasteiger partial charge in [0, 0.05) is 36.9 Å². The maximum Gasteiger partial charge on any atom is 0.257 e. The van der Waals surface area contributed by atoms with Crippen molar-refractivity contribution in [2.45, 2.75) is 44.8 Å². The summed E-state index contributed by atoms with van der Waals surface area (Å²) < 4.78 is 6.81. The SMILES string of the molecule is Cc1ccc(Cc2c(C)nc(SCCCC(=O)NCc3ccco3)n(C)c2=O)cc1. The summed E-state index contributed by atoms with van der Waals surface area (Å²) in [6, 6.07) is 11.8. The Morgan fingerprint density at radius 1 is 1.20 bits per heavy atom. The molecule has 3 rings (SSSR count). The minimum atomic E-state index is -0.0153. The van der Waals surface area contributed by atoms with Gasteiger partial charge in [0.05, 0.1) is 12.8 Å². The number of nitrogens with one attached hydrogen (secondary N) is 1. The van der Waals surface area contributed by atoms with E-state index in [1.807, 2.05) is 32.0 Å². The van der Waals surface area contributed by atoms with Crippen molar-refractivity contribution in [2.24, 2.45) is 7.05 Å². The van der Waals surface area contributed by atoms with Crippen LogP contribution in [0.3, 0.4) is 0 Å². The molecule has 0 aliphatic heterocycles. The first-order valence-electron chi connectivity index (χ1n) is 9.98. The molecule has 3 aromatic rings. The minimum Gasteiger partial charge on any atom is -0.467 e. The van der Waals surface area contributed by atoms with Gasteiger partial charge in [0.1, 0.15) is 5.76 Å². The van der Waals surface area contributed by atoms with E-state index in [1.165, 1.54) is 17.3 Å². The predicted octanol–water partition coefficient (Wildman–Crippen LogP) is 3.77. The van der Waals surface area contributed by atoms with E-state index in [9.17, 15) is 9.59 Å². The number of furan rings is 1. The van der Waals surface area contributed by atoms with Crippen molar-refractivity contribution < 1.29 is 9.21 Å². The second kappa shape index (κ2) is 10.3. The molecule has 30 heavy (non-hydrogen) atoms. The van der Waals surface area contributed by atoms with Crippen LogP contribution < -0.4 is 10.9 Å². The zero-order valence-electron chi connectivity index (χ0n) is 17.6. The lowest BCUT2D eigenvalue weighted by Crippen LogP contribution is -2.26. The summed E-state index contributed by atoms with van der Waals surface area (Å²) in [7, 11) is 1.76. The zero-order valence-corrected chi connectivity index (χ0v) is 18.4. The van der Waals surface area contributed by atoms with Crippen molar-refractivity contribution >= 4 is 17.7 Å². The molecule has 0 saturated heterocycles. The van der Waals surface area contributed by atoms with Crippen molar-refractivity contribution in [3.63, 3.8) is 0 Å². The zero-order chi connectivity index (χ0) is 21.5. The third-order valence-corrected chi connectivity index (χ3v) is 5.99. The van der Waals surface area contributed by atoms with E-state index in [0.29, 0.717) is 36.7 Å². The number of hydrogen-bond acceptors (Lipinski definition) is 5. The summed E-state index contributed by atoms with van der Waals surface area (Å²) in [5.41, 5.74) is 3.77. The molecule has 2 heterocycles. The van der Waals surface area contributed by atoms with Gasteiger partial charge < -0.3 is 9.73 Å². The fourth-order valence-electron chi connectivity index (χ4n) is 3.06. The van der Waals surface area contributed by atoms with E-state index < -0.39 is 0 Å². The second-order valence-electron chi connectivity index (χ2n) is 7.29. The second-order valence-corrected chi connectivity index (χ2v) is 8.36. The van der Waals surface area contributed by atoms with Gasteiger partial charge in [-0.05, 0) is 38.0 Å². The monoisotopic (exact) mass is 425 g/mol. The molecule has 1 aromatic carbocycles. The average molecular weight is 426 g/mol. The smallest absolute Gasteiger partial charge is 0.257 e. The van der Waals surface area contributed by atoms with Crippen LogP contribution in [0.5, 0.6) is 0 Å². The Morgan fingerprint density at radius 3 is 2.67 bits per heavy atom. The van der Waals surface area contributed by atoms with Crippen LogP contribution in [0.25, 0.3) is 0 Å². The molecule has 0 aliphatic carbocycles. The number of carbonyl (C=O) groups excluding carboxylic acids is 1. The van der Waals surface area contributed by atoms with Crippen LogP contribution >= 0.6 is 11.8 Å². The fourth-order valence-corrected chi connectivity index (χ4v) is 4.01. The summed E-state index contributed by atoms with van der Waals surface area (Å²) in [6.45, 7) is 4.33. The van der Waals surface area contributed by atoms with Crippen molar-refractivity contribution in [1.82, 2.24) is 14.9 Å². The van der Waals surface area contributed by atoms with Crippen LogP contribution in [0, 0.1) is 13.8 Å². The Bertz CT molecular complexity index is 1040. The van der Waals surface area contributed by atoms with Crippen LogP contribution in [0.15, 0.2) is 57.0 Å². The highest BCUT2D eigenvalue weighted by molar-refractivity contribution is 7.99. The quantitative estimate of drug-likeness (QED) is 0.321. The number of thioether (sulfide) groups is 1. The van der Waals surface area contributed by atoms with Crippen molar-refractivity contribution in [1.29, 1.82) is 0 Å². The van der Waals surface area contributed by atoms with Crippen LogP contribution in [0.1, 0.15) is 41.0 Å². The molecular formula is C23H27N3O3S. The molecule has 0 bridgehead atoms. The first-order chi connectivity index (χ1) is 14.4. The third-order valence-electron chi connectivity index (χ3n) is 4.87. The normalized spacial score (nSPS) is 10.9. The highest BCUT2D eigenvalue weighted by Gasteiger charge is 2.13. The minimum absolute atomic E-state index is 0.0123. The van der Waals surface area contributed by atoms with Gasteiger partial charge in [-0.3, -0.25) is 14.2 Å². The molecule has 2 aromatic heterocycles. The third kappa shape index (κ3) is 5.86. The number of rotatable bonds is 9. The highest BCUT2D eigenvalue weighted by Crippen LogP contribution is 2.18. The van der Waals surface area contributed by atoms with E-state index in [1.54, 1.807) is 23.9 Å². The number of amides is 1. The lowest BCUT2D eigenvalue weighted by atomic mass is 10.0. The fraction of sp³-hybridized carbons (Fsp3) is 0.348. The van der Waals surface area contributed by atoms with Crippen LogP contribution in [-0.4, -0.2) is 21.2 Å². The lowest BCUT2D eigenvalue weighted by Gasteiger charge is -2.12. The van der Waals surface area contributed by atoms with Gasteiger partial charge >= 0.3 is 0 Å². The topological polar surface area (TPSA) is 77.1 Å². The number of aryl methyl sites for hydroxylation is 2. The Hall–Kier alpha value is -2.80. The van der Waals surface area contributed by atoms with Crippen molar-refractivity contribution in [2.75, 3.05) is 5.75 Å². The molecule has 7 heteroatoms. The maximum absolute atomic E-state index is 12.9. The van der Waals surface area contributed by atoms with Gasteiger partial charge in [-0.25, -0.2) is 4.98 Å². The molecule has 0 saturated carbocycles. The lowest BCUT2D eigenvalue weighted by molar-refractivity contribution is -0.121. The molecule has 0 atom stereocenters. The predicted molar refractivity (Wildman–Crippen MR) is 119 cm³/mol. The molecule has 0 spiro atoms. The van der Waals surface area contributed by atoms with Gasteiger partial charge in [0.25, 0.3) is 5.56 Å². The summed E-state index contributed by atoms with van der Waals surface area (Å²) in [5.74, 6) is 1.43. The van der Waals surface area contributed by atoms with E-state index in [4.69, 9.17) is 4.42 Å². The van der Waals surface area contributed by atoms with Crippen LogP contribution in [0.2, 0.25) is 0 Å². The van der Waals surface area contributed by atoms with E-state index >= 15 is 0 Å². The van der Waals surface area contributed by atoms with E-state index in [0.717, 1.165) is 22.6 Å². The number of nitrogens with zero attached hydrogens (tertiary/aromatic N) is 2. The average Bonchev–Trinajstić information content (AvgIpc) is 3.25. The van der Waals surface area contributed by atoms with Crippen molar-refractivity contribution in [3.8, 4) is 0 Å². The first-order valence-corrected chi connectivity index (χ1v) is 11.0. The van der Waals surface area contributed by atoms with Gasteiger partial charge in [-0.2, -0.15) is 0 Å². The molecule has 158 valence electrons. The maximum atomic E-state index is 12.9. The molecule has 0 radical (unpaired) electrons. The molecule has 6 nitrogen and oxygen atoms in total. The van der Waals surface area contributed by atoms with Gasteiger partial charge in [0.2, 0.25) is 5.91 Å². The number of hydrogen-bond donors (Lipinski definition) is 1. The van der Waals surface area contributed by atoms with Crippen LogP contribution in [-0.2, 0) is 24.8 Å². The van der Waals surface area contributed by atoms with Crippen LogP contribution in [0.4, 0.5) is 0 Å². The first kappa shape index (κ1) is 21.9. The summed E-state index contributed by atoms with van der Waals surface area (Å²) >= 11 is 1.50. The molecule has 1 N–H and O–H groups in total. The number of aromatic nitrogens is 2. The number of carbonyl (C=O) groups is 1. The molecule has 0 unspecified atom stereocenters. The Morgan fingerprint density at radius 2 is 1.97 bits per heavy atom. The Balaban J connectivity index is 1.53. The molecule has 0 aliphatic rings. The Kier molecular flexibility index (Phi) is 7.52. The number of benzene rings is 1. The Labute approximate surface area is 180 Å². The van der Waals surface area contributed by atoms with E-state index in [-0.39, 0.29) is 11.5 Å². The van der Waals surface area contributed by atoms with E-state index in [2.05, 4.69) is 22.4 Å². The van der Waals surface area contributed by atoms with Gasteiger partial charge in [0.15, 0.2) is 5.16 Å².